The monoisotopic (exact) mass is 409 g/mol. The Morgan fingerprint density at radius 3 is 2.55 bits per heavy atom. The molecule has 0 fully saturated rings. The third kappa shape index (κ3) is 4.73. The van der Waals surface area contributed by atoms with Crippen LogP contribution in [0.15, 0.2) is 42.5 Å². The van der Waals surface area contributed by atoms with Gasteiger partial charge in [-0.15, -0.1) is 0 Å². The predicted molar refractivity (Wildman–Crippen MR) is 97.1 cm³/mol. The molecule has 22 heavy (non-hydrogen) atoms. The molecule has 116 valence electrons. The molecule has 0 aliphatic heterocycles. The second kappa shape index (κ2) is 7.63. The zero-order chi connectivity index (χ0) is 16.1. The van der Waals surface area contributed by atoms with Crippen LogP contribution in [-0.2, 0) is 4.79 Å². The van der Waals surface area contributed by atoms with Crippen molar-refractivity contribution in [3.05, 3.63) is 62.7 Å². The van der Waals surface area contributed by atoms with Gasteiger partial charge in [-0.25, -0.2) is 0 Å². The second-order valence-electron chi connectivity index (χ2n) is 5.39. The Bertz CT molecular complexity index is 653. The molecule has 0 saturated carbocycles. The fraction of sp³-hybridized carbons (Fsp3) is 0.278. The third-order valence-electron chi connectivity index (χ3n) is 3.46. The van der Waals surface area contributed by atoms with Gasteiger partial charge in [0.1, 0.15) is 5.75 Å². The molecule has 1 amide bonds. The number of halogens is 1. The van der Waals surface area contributed by atoms with E-state index in [4.69, 9.17) is 4.74 Å². The van der Waals surface area contributed by atoms with Crippen LogP contribution in [0.1, 0.15) is 29.7 Å². The minimum absolute atomic E-state index is 0.0236. The quantitative estimate of drug-likeness (QED) is 0.754. The summed E-state index contributed by atoms with van der Waals surface area (Å²) in [6.45, 7) is 6.12. The highest BCUT2D eigenvalue weighted by Gasteiger charge is 2.12. The number of ether oxygens (including phenoxy) is 1. The molecule has 4 heteroatoms. The molecule has 1 N–H and O–H groups in total. The van der Waals surface area contributed by atoms with Crippen molar-refractivity contribution in [2.24, 2.45) is 0 Å². The highest BCUT2D eigenvalue weighted by Crippen LogP contribution is 2.19. The van der Waals surface area contributed by atoms with Crippen LogP contribution in [0, 0.1) is 17.4 Å². The highest BCUT2D eigenvalue weighted by atomic mass is 127. The number of hydrogen-bond donors (Lipinski definition) is 1. The lowest BCUT2D eigenvalue weighted by atomic mass is 10.00. The van der Waals surface area contributed by atoms with Gasteiger partial charge in [-0.2, -0.15) is 0 Å². The second-order valence-corrected chi connectivity index (χ2v) is 6.64. The summed E-state index contributed by atoms with van der Waals surface area (Å²) >= 11 is 2.23. The third-order valence-corrected chi connectivity index (χ3v) is 4.18. The zero-order valence-electron chi connectivity index (χ0n) is 13.0. The number of nitrogens with one attached hydrogen (secondary N) is 1. The number of hydrogen-bond acceptors (Lipinski definition) is 2. The first-order chi connectivity index (χ1) is 10.5. The summed E-state index contributed by atoms with van der Waals surface area (Å²) < 4.78 is 6.64. The van der Waals surface area contributed by atoms with Gasteiger partial charge in [0.05, 0.1) is 6.04 Å². The number of amides is 1. The van der Waals surface area contributed by atoms with Crippen LogP contribution in [0.3, 0.4) is 0 Å². The van der Waals surface area contributed by atoms with E-state index in [-0.39, 0.29) is 18.6 Å². The van der Waals surface area contributed by atoms with E-state index in [1.54, 1.807) is 0 Å². The van der Waals surface area contributed by atoms with E-state index in [1.807, 2.05) is 31.2 Å². The maximum Gasteiger partial charge on any atom is 0.258 e. The lowest BCUT2D eigenvalue weighted by Gasteiger charge is -2.17. The summed E-state index contributed by atoms with van der Waals surface area (Å²) in [6, 6.07) is 13.9. The van der Waals surface area contributed by atoms with E-state index in [9.17, 15) is 4.79 Å². The van der Waals surface area contributed by atoms with Gasteiger partial charge in [0.2, 0.25) is 0 Å². The Kier molecular flexibility index (Phi) is 5.83. The molecule has 3 nitrogen and oxygen atoms in total. The molecule has 0 radical (unpaired) electrons. The van der Waals surface area contributed by atoms with Gasteiger partial charge in [0.15, 0.2) is 6.61 Å². The largest absolute Gasteiger partial charge is 0.484 e. The van der Waals surface area contributed by atoms with Crippen molar-refractivity contribution in [2.45, 2.75) is 26.8 Å². The maximum atomic E-state index is 12.0. The smallest absolute Gasteiger partial charge is 0.258 e. The summed E-state index contributed by atoms with van der Waals surface area (Å²) in [5.41, 5.74) is 3.51. The van der Waals surface area contributed by atoms with Crippen molar-refractivity contribution in [1.82, 2.24) is 5.32 Å². The SMILES string of the molecule is Cc1ccc(C)c(C(C)NC(=O)COc2ccc(I)cc2)c1. The number of carbonyl (C=O) groups is 1. The van der Waals surface area contributed by atoms with Gasteiger partial charge in [0, 0.05) is 3.57 Å². The molecule has 1 unspecified atom stereocenters. The zero-order valence-corrected chi connectivity index (χ0v) is 15.2. The lowest BCUT2D eigenvalue weighted by Crippen LogP contribution is -2.31. The summed E-state index contributed by atoms with van der Waals surface area (Å²) in [6.07, 6.45) is 0. The first-order valence-corrected chi connectivity index (χ1v) is 8.28. The highest BCUT2D eigenvalue weighted by molar-refractivity contribution is 14.1. The molecule has 2 aromatic carbocycles. The van der Waals surface area contributed by atoms with E-state index < -0.39 is 0 Å². The van der Waals surface area contributed by atoms with Crippen LogP contribution < -0.4 is 10.1 Å². The minimum atomic E-state index is -0.119. The van der Waals surface area contributed by atoms with Crippen molar-refractivity contribution >= 4 is 28.5 Å². The first kappa shape index (κ1) is 16.8. The van der Waals surface area contributed by atoms with Gasteiger partial charge < -0.3 is 10.1 Å². The molecule has 0 saturated heterocycles. The average Bonchev–Trinajstić information content (AvgIpc) is 2.49. The average molecular weight is 409 g/mol. The molecular weight excluding hydrogens is 389 g/mol. The predicted octanol–water partition coefficient (Wildman–Crippen LogP) is 4.16. The van der Waals surface area contributed by atoms with Gasteiger partial charge in [-0.05, 0) is 78.8 Å². The van der Waals surface area contributed by atoms with E-state index in [0.29, 0.717) is 5.75 Å². The van der Waals surface area contributed by atoms with Crippen LogP contribution in [-0.4, -0.2) is 12.5 Å². The van der Waals surface area contributed by atoms with Crippen molar-refractivity contribution in [2.75, 3.05) is 6.61 Å². The topological polar surface area (TPSA) is 38.3 Å². The molecule has 2 aromatic rings. The number of carbonyl (C=O) groups excluding carboxylic acids is 1. The standard InChI is InChI=1S/C18H20INO2/c1-12-4-5-13(2)17(10-12)14(3)20-18(21)11-22-16-8-6-15(19)7-9-16/h4-10,14H,11H2,1-3H3,(H,20,21). The van der Waals surface area contributed by atoms with Crippen LogP contribution in [0.2, 0.25) is 0 Å². The summed E-state index contributed by atoms with van der Waals surface area (Å²) in [4.78, 5) is 12.0. The summed E-state index contributed by atoms with van der Waals surface area (Å²) in [5, 5.41) is 2.98. The Balaban J connectivity index is 1.91. The van der Waals surface area contributed by atoms with E-state index >= 15 is 0 Å². The first-order valence-electron chi connectivity index (χ1n) is 7.20. The molecule has 0 heterocycles. The van der Waals surface area contributed by atoms with Gasteiger partial charge in [0.25, 0.3) is 5.91 Å². The van der Waals surface area contributed by atoms with E-state index in [1.165, 1.54) is 11.1 Å². The number of aryl methyl sites for hydroxylation is 2. The van der Waals surface area contributed by atoms with Crippen molar-refractivity contribution in [3.8, 4) is 5.75 Å². The van der Waals surface area contributed by atoms with Crippen LogP contribution in [0.5, 0.6) is 5.75 Å². The van der Waals surface area contributed by atoms with E-state index in [2.05, 4.69) is 60.0 Å². The lowest BCUT2D eigenvalue weighted by molar-refractivity contribution is -0.123. The molecule has 0 aliphatic rings. The Labute approximate surface area is 145 Å². The molecular formula is C18H20INO2. The van der Waals surface area contributed by atoms with E-state index in [0.717, 1.165) is 9.13 Å². The van der Waals surface area contributed by atoms with Crippen molar-refractivity contribution in [1.29, 1.82) is 0 Å². The Morgan fingerprint density at radius 1 is 1.18 bits per heavy atom. The molecule has 0 aromatic heterocycles. The molecule has 0 bridgehead atoms. The minimum Gasteiger partial charge on any atom is -0.484 e. The molecule has 2 rings (SSSR count). The summed E-state index contributed by atoms with van der Waals surface area (Å²) in [7, 11) is 0. The van der Waals surface area contributed by atoms with Crippen LogP contribution in [0.4, 0.5) is 0 Å². The molecule has 0 spiro atoms. The van der Waals surface area contributed by atoms with Crippen molar-refractivity contribution < 1.29 is 9.53 Å². The normalized spacial score (nSPS) is 11.8. The molecule has 0 aliphatic carbocycles. The van der Waals surface area contributed by atoms with Crippen LogP contribution >= 0.6 is 22.6 Å². The maximum absolute atomic E-state index is 12.0. The Morgan fingerprint density at radius 2 is 1.86 bits per heavy atom. The van der Waals surface area contributed by atoms with Gasteiger partial charge in [-0.1, -0.05) is 23.8 Å². The van der Waals surface area contributed by atoms with Gasteiger partial charge in [-0.3, -0.25) is 4.79 Å². The van der Waals surface area contributed by atoms with Gasteiger partial charge >= 0.3 is 0 Å². The Hall–Kier alpha value is -1.56. The number of benzene rings is 2. The van der Waals surface area contributed by atoms with Crippen LogP contribution in [0.25, 0.3) is 0 Å². The summed E-state index contributed by atoms with van der Waals surface area (Å²) in [5.74, 6) is 0.585. The fourth-order valence-electron chi connectivity index (χ4n) is 2.27. The fourth-order valence-corrected chi connectivity index (χ4v) is 2.63. The molecule has 1 atom stereocenters. The van der Waals surface area contributed by atoms with Crippen molar-refractivity contribution in [3.63, 3.8) is 0 Å². The number of rotatable bonds is 5.